The average Bonchev–Trinajstić information content (AvgIpc) is 3.17. The first kappa shape index (κ1) is 11.5. The molecule has 0 radical (unpaired) electrons. The highest BCUT2D eigenvalue weighted by Crippen LogP contribution is 2.46. The van der Waals surface area contributed by atoms with Crippen molar-refractivity contribution in [3.05, 3.63) is 15.0 Å². The van der Waals surface area contributed by atoms with Gasteiger partial charge in [0.1, 0.15) is 0 Å². The van der Waals surface area contributed by atoms with Gasteiger partial charge in [-0.05, 0) is 41.1 Å². The molecule has 2 fully saturated rings. The van der Waals surface area contributed by atoms with Gasteiger partial charge in [-0.25, -0.2) is 9.78 Å². The van der Waals surface area contributed by atoms with Crippen LogP contribution in [-0.2, 0) is 0 Å². The molecule has 4 nitrogen and oxygen atoms in total. The van der Waals surface area contributed by atoms with Crippen molar-refractivity contribution >= 4 is 33.4 Å². The van der Waals surface area contributed by atoms with Crippen LogP contribution in [0.5, 0.6) is 0 Å². The molecule has 17 heavy (non-hydrogen) atoms. The van der Waals surface area contributed by atoms with Crippen molar-refractivity contribution in [3.63, 3.8) is 0 Å². The maximum absolute atomic E-state index is 11.2. The third-order valence-electron chi connectivity index (χ3n) is 3.43. The van der Waals surface area contributed by atoms with E-state index in [0.717, 1.165) is 16.0 Å². The summed E-state index contributed by atoms with van der Waals surface area (Å²) in [4.78, 5) is 17.2. The molecule has 2 aliphatic rings. The van der Waals surface area contributed by atoms with Gasteiger partial charge in [0.2, 0.25) is 0 Å². The Balaban J connectivity index is 1.66. The number of hydrogen-bond acceptors (Lipinski definition) is 3. The van der Waals surface area contributed by atoms with E-state index in [1.807, 2.05) is 5.38 Å². The van der Waals surface area contributed by atoms with Gasteiger partial charge in [0.25, 0.3) is 0 Å². The van der Waals surface area contributed by atoms with Crippen molar-refractivity contribution in [2.45, 2.75) is 31.2 Å². The van der Waals surface area contributed by atoms with Crippen LogP contribution in [0.1, 0.15) is 30.9 Å². The van der Waals surface area contributed by atoms with E-state index in [9.17, 15) is 9.90 Å². The van der Waals surface area contributed by atoms with E-state index in [2.05, 4.69) is 20.9 Å². The zero-order chi connectivity index (χ0) is 12.0. The summed E-state index contributed by atoms with van der Waals surface area (Å²) in [6.45, 7) is 0.710. The van der Waals surface area contributed by atoms with Gasteiger partial charge in [-0.2, -0.15) is 0 Å². The molecule has 0 unspecified atom stereocenters. The first-order valence-corrected chi connectivity index (χ1v) is 7.43. The van der Waals surface area contributed by atoms with Crippen LogP contribution < -0.4 is 0 Å². The molecule has 2 saturated carbocycles. The SMILES string of the molecule is O=C(O)N(CC1CC1)[C@@H]1C[C@H]1c1csc(Br)n1. The fourth-order valence-corrected chi connectivity index (χ4v) is 3.30. The summed E-state index contributed by atoms with van der Waals surface area (Å²) in [5, 5.41) is 11.2. The zero-order valence-corrected chi connectivity index (χ0v) is 11.6. The minimum atomic E-state index is -0.779. The molecule has 6 heteroatoms. The van der Waals surface area contributed by atoms with Crippen LogP contribution in [0.15, 0.2) is 9.30 Å². The summed E-state index contributed by atoms with van der Waals surface area (Å²) in [5.74, 6) is 0.918. The highest BCUT2D eigenvalue weighted by molar-refractivity contribution is 9.11. The lowest BCUT2D eigenvalue weighted by Crippen LogP contribution is -2.34. The van der Waals surface area contributed by atoms with Gasteiger partial charge in [-0.1, -0.05) is 0 Å². The third-order valence-corrected chi connectivity index (χ3v) is 4.81. The topological polar surface area (TPSA) is 53.4 Å². The average molecular weight is 317 g/mol. The van der Waals surface area contributed by atoms with Gasteiger partial charge in [-0.3, -0.25) is 0 Å². The smallest absolute Gasteiger partial charge is 0.407 e. The number of carboxylic acid groups (broad SMARTS) is 1. The number of thiazole rings is 1. The molecule has 1 aromatic heterocycles. The Morgan fingerprint density at radius 3 is 2.94 bits per heavy atom. The highest BCUT2D eigenvalue weighted by atomic mass is 79.9. The summed E-state index contributed by atoms with van der Waals surface area (Å²) in [7, 11) is 0. The lowest BCUT2D eigenvalue weighted by molar-refractivity contribution is 0.139. The van der Waals surface area contributed by atoms with E-state index in [-0.39, 0.29) is 6.04 Å². The molecular formula is C11H13BrN2O2S. The molecule has 0 bridgehead atoms. The Hall–Kier alpha value is -0.620. The van der Waals surface area contributed by atoms with Crippen LogP contribution in [0.4, 0.5) is 4.79 Å². The molecular weight excluding hydrogens is 304 g/mol. The van der Waals surface area contributed by atoms with E-state index in [0.29, 0.717) is 18.4 Å². The Labute approximate surface area is 112 Å². The van der Waals surface area contributed by atoms with E-state index in [1.165, 1.54) is 12.8 Å². The second-order valence-corrected chi connectivity index (χ2v) is 6.95. The molecule has 1 heterocycles. The molecule has 0 aliphatic heterocycles. The van der Waals surface area contributed by atoms with Gasteiger partial charge in [0.15, 0.2) is 3.92 Å². The van der Waals surface area contributed by atoms with E-state index < -0.39 is 6.09 Å². The maximum Gasteiger partial charge on any atom is 0.407 e. The Kier molecular flexibility index (Phi) is 2.86. The van der Waals surface area contributed by atoms with Crippen molar-refractivity contribution in [1.29, 1.82) is 0 Å². The quantitative estimate of drug-likeness (QED) is 0.928. The molecule has 3 rings (SSSR count). The molecule has 0 aromatic carbocycles. The largest absolute Gasteiger partial charge is 0.465 e. The molecule has 1 N–H and O–H groups in total. The number of carbonyl (C=O) groups is 1. The van der Waals surface area contributed by atoms with Gasteiger partial charge >= 0.3 is 6.09 Å². The van der Waals surface area contributed by atoms with Gasteiger partial charge < -0.3 is 10.0 Å². The van der Waals surface area contributed by atoms with E-state index in [4.69, 9.17) is 0 Å². The minimum Gasteiger partial charge on any atom is -0.465 e. The minimum absolute atomic E-state index is 0.155. The van der Waals surface area contributed by atoms with Crippen molar-refractivity contribution in [3.8, 4) is 0 Å². The molecule has 0 spiro atoms. The molecule has 0 saturated heterocycles. The Morgan fingerprint density at radius 2 is 2.41 bits per heavy atom. The zero-order valence-electron chi connectivity index (χ0n) is 9.17. The lowest BCUT2D eigenvalue weighted by atomic mass is 10.3. The summed E-state index contributed by atoms with van der Waals surface area (Å²) in [5.41, 5.74) is 1.04. The standard InChI is InChI=1S/C11H13BrN2O2S/c12-10-13-8(5-17-10)7-3-9(7)14(11(15)16)4-6-1-2-6/h5-7,9H,1-4H2,(H,15,16)/t7-,9+/m0/s1. The van der Waals surface area contributed by atoms with Gasteiger partial charge in [-0.15, -0.1) is 11.3 Å². The number of halogens is 1. The highest BCUT2D eigenvalue weighted by Gasteiger charge is 2.47. The van der Waals surface area contributed by atoms with Gasteiger partial charge in [0, 0.05) is 23.9 Å². The number of amides is 1. The first-order chi connectivity index (χ1) is 8.15. The van der Waals surface area contributed by atoms with Crippen molar-refractivity contribution in [1.82, 2.24) is 9.88 Å². The van der Waals surface area contributed by atoms with Crippen LogP contribution in [-0.4, -0.2) is 33.7 Å². The van der Waals surface area contributed by atoms with Crippen molar-refractivity contribution in [2.75, 3.05) is 6.54 Å². The third kappa shape index (κ3) is 2.47. The van der Waals surface area contributed by atoms with Crippen molar-refractivity contribution < 1.29 is 9.90 Å². The molecule has 1 aromatic rings. The Bertz CT molecular complexity index is 446. The van der Waals surface area contributed by atoms with Crippen LogP contribution in [0, 0.1) is 5.92 Å². The number of nitrogens with zero attached hydrogens (tertiary/aromatic N) is 2. The van der Waals surface area contributed by atoms with Crippen LogP contribution >= 0.6 is 27.3 Å². The number of hydrogen-bond donors (Lipinski definition) is 1. The summed E-state index contributed by atoms with van der Waals surface area (Å²) in [6, 6.07) is 0.155. The molecule has 92 valence electrons. The molecule has 2 aliphatic carbocycles. The monoisotopic (exact) mass is 316 g/mol. The Morgan fingerprint density at radius 1 is 1.65 bits per heavy atom. The second kappa shape index (κ2) is 4.24. The maximum atomic E-state index is 11.2. The normalized spacial score (nSPS) is 26.9. The van der Waals surface area contributed by atoms with E-state index >= 15 is 0 Å². The van der Waals surface area contributed by atoms with Crippen molar-refractivity contribution in [2.24, 2.45) is 5.92 Å². The summed E-state index contributed by atoms with van der Waals surface area (Å²) >= 11 is 4.90. The molecule has 1 amide bonds. The summed E-state index contributed by atoms with van der Waals surface area (Å²) in [6.07, 6.45) is 2.51. The number of rotatable bonds is 4. The molecule has 2 atom stereocenters. The van der Waals surface area contributed by atoms with E-state index in [1.54, 1.807) is 16.2 Å². The summed E-state index contributed by atoms with van der Waals surface area (Å²) < 4.78 is 0.877. The van der Waals surface area contributed by atoms with Crippen LogP contribution in [0.2, 0.25) is 0 Å². The fraction of sp³-hybridized carbons (Fsp3) is 0.636. The lowest BCUT2D eigenvalue weighted by Gasteiger charge is -2.18. The predicted molar refractivity (Wildman–Crippen MR) is 68.4 cm³/mol. The second-order valence-electron chi connectivity index (χ2n) is 4.81. The first-order valence-electron chi connectivity index (χ1n) is 5.75. The predicted octanol–water partition coefficient (Wildman–Crippen LogP) is 3.15. The van der Waals surface area contributed by atoms with Crippen LogP contribution in [0.3, 0.4) is 0 Å². The van der Waals surface area contributed by atoms with Gasteiger partial charge in [0.05, 0.1) is 5.69 Å². The fourth-order valence-electron chi connectivity index (χ4n) is 2.21. The number of aromatic nitrogens is 1. The van der Waals surface area contributed by atoms with Crippen LogP contribution in [0.25, 0.3) is 0 Å².